The number of anilines is 3. The van der Waals surface area contributed by atoms with Gasteiger partial charge in [-0.25, -0.2) is 0 Å². The van der Waals surface area contributed by atoms with Gasteiger partial charge in [0.25, 0.3) is 0 Å². The molecule has 4 nitrogen and oxygen atoms in total. The molecule has 5 aromatic rings. The van der Waals surface area contributed by atoms with Crippen molar-refractivity contribution in [3.05, 3.63) is 193 Å². The monoisotopic (exact) mass is 641 g/mol. The van der Waals surface area contributed by atoms with E-state index in [1.807, 2.05) is 55.5 Å². The number of nitrogens with two attached hydrogens (primary N) is 1. The summed E-state index contributed by atoms with van der Waals surface area (Å²) in [6, 6.07) is 29.0. The molecule has 0 atom stereocenters. The fourth-order valence-electron chi connectivity index (χ4n) is 6.49. The van der Waals surface area contributed by atoms with Crippen molar-refractivity contribution < 1.29 is 4.42 Å². The Hall–Kier alpha value is -6.00. The summed E-state index contributed by atoms with van der Waals surface area (Å²) in [6.45, 7) is 11.9. The predicted molar refractivity (Wildman–Crippen MR) is 212 cm³/mol. The van der Waals surface area contributed by atoms with Gasteiger partial charge in [-0.05, 0) is 80.8 Å². The fraction of sp³-hybridized carbons (Fsp3) is 0.111. The van der Waals surface area contributed by atoms with E-state index in [1.54, 1.807) is 6.08 Å². The van der Waals surface area contributed by atoms with Crippen LogP contribution >= 0.6 is 0 Å². The van der Waals surface area contributed by atoms with Crippen molar-refractivity contribution in [2.45, 2.75) is 26.7 Å². The summed E-state index contributed by atoms with van der Waals surface area (Å²) in [6.07, 6.45) is 22.8. The van der Waals surface area contributed by atoms with Crippen molar-refractivity contribution in [3.63, 3.8) is 0 Å². The van der Waals surface area contributed by atoms with Gasteiger partial charge in [-0.1, -0.05) is 116 Å². The van der Waals surface area contributed by atoms with Gasteiger partial charge in [0.05, 0.1) is 22.8 Å². The summed E-state index contributed by atoms with van der Waals surface area (Å²) in [7, 11) is 2.11. The Kier molecular flexibility index (Phi) is 9.96. The molecular formula is C45H43N3O. The molecule has 244 valence electrons. The van der Waals surface area contributed by atoms with Gasteiger partial charge in [-0.15, -0.1) is 0 Å². The first-order valence-corrected chi connectivity index (χ1v) is 16.7. The molecule has 1 aliphatic heterocycles. The Balaban J connectivity index is 0.000000174. The number of hydrogen-bond donors (Lipinski definition) is 1. The summed E-state index contributed by atoms with van der Waals surface area (Å²) in [4.78, 5) is 4.54. The highest BCUT2D eigenvalue weighted by molar-refractivity contribution is 6.09. The Labute approximate surface area is 290 Å². The average molecular weight is 642 g/mol. The van der Waals surface area contributed by atoms with Gasteiger partial charge in [0.15, 0.2) is 0 Å². The normalized spacial score (nSPS) is 14.8. The number of hydrogen-bond acceptors (Lipinski definition) is 4. The van der Waals surface area contributed by atoms with E-state index in [-0.39, 0.29) is 0 Å². The van der Waals surface area contributed by atoms with Crippen molar-refractivity contribution in [3.8, 4) is 0 Å². The summed E-state index contributed by atoms with van der Waals surface area (Å²) in [5.74, 6) is 0. The molecule has 0 bridgehead atoms. The van der Waals surface area contributed by atoms with Gasteiger partial charge in [0.1, 0.15) is 11.2 Å². The molecule has 0 unspecified atom stereocenters. The second-order valence-corrected chi connectivity index (χ2v) is 12.0. The molecule has 2 heterocycles. The van der Waals surface area contributed by atoms with Gasteiger partial charge in [0, 0.05) is 40.3 Å². The number of allylic oxidation sites excluding steroid dienone is 10. The first-order valence-electron chi connectivity index (χ1n) is 16.7. The van der Waals surface area contributed by atoms with E-state index in [0.717, 1.165) is 74.1 Å². The zero-order valence-corrected chi connectivity index (χ0v) is 28.6. The summed E-state index contributed by atoms with van der Waals surface area (Å²) in [5, 5.41) is 2.22. The molecule has 1 aliphatic carbocycles. The van der Waals surface area contributed by atoms with E-state index in [9.17, 15) is 0 Å². The number of nitrogen functional groups attached to an aromatic ring is 1. The molecule has 2 N–H and O–H groups in total. The Morgan fingerprint density at radius 3 is 2.37 bits per heavy atom. The van der Waals surface area contributed by atoms with Crippen LogP contribution in [0.2, 0.25) is 0 Å². The van der Waals surface area contributed by atoms with E-state index in [0.29, 0.717) is 0 Å². The van der Waals surface area contributed by atoms with Gasteiger partial charge >= 0.3 is 0 Å². The maximum absolute atomic E-state index is 6.34. The number of rotatable bonds is 7. The smallest absolute Gasteiger partial charge is 0.143 e. The van der Waals surface area contributed by atoms with E-state index >= 15 is 0 Å². The van der Waals surface area contributed by atoms with E-state index in [2.05, 4.69) is 128 Å². The molecule has 0 spiro atoms. The first-order chi connectivity index (χ1) is 24.0. The van der Waals surface area contributed by atoms with Crippen LogP contribution in [-0.4, -0.2) is 7.05 Å². The second-order valence-electron chi connectivity index (χ2n) is 12.0. The number of fused-ring (bicyclic) bond motifs is 4. The average Bonchev–Trinajstić information content (AvgIpc) is 3.52. The molecule has 0 fully saturated rings. The van der Waals surface area contributed by atoms with Crippen LogP contribution in [0.15, 0.2) is 180 Å². The molecule has 4 heteroatoms. The highest BCUT2D eigenvalue weighted by Crippen LogP contribution is 2.42. The van der Waals surface area contributed by atoms with Gasteiger partial charge in [0.2, 0.25) is 0 Å². The van der Waals surface area contributed by atoms with Crippen LogP contribution in [0.1, 0.15) is 36.5 Å². The highest BCUT2D eigenvalue weighted by Gasteiger charge is 2.27. The van der Waals surface area contributed by atoms with Gasteiger partial charge < -0.3 is 20.0 Å². The molecule has 0 saturated carbocycles. The lowest BCUT2D eigenvalue weighted by Gasteiger charge is -2.39. The maximum Gasteiger partial charge on any atom is 0.143 e. The van der Waals surface area contributed by atoms with E-state index < -0.39 is 0 Å². The molecular weight excluding hydrogens is 599 g/mol. The lowest BCUT2D eigenvalue weighted by molar-refractivity contribution is 0.668. The summed E-state index contributed by atoms with van der Waals surface area (Å²) < 4.78 is 6.24. The van der Waals surface area contributed by atoms with Gasteiger partial charge in [-0.2, -0.15) is 0 Å². The number of nitrogens with zero attached hydrogens (tertiary/aromatic N) is 2. The second kappa shape index (κ2) is 14.8. The van der Waals surface area contributed by atoms with Crippen LogP contribution in [0, 0.1) is 6.92 Å². The standard InChI is InChI=1S/C25H21NO.C20H22N2/c1-3-4-5-9-18(22-16-17(2)14-15-23(22)26)20-11-8-12-21-19-10-6-7-13-24(19)27-25(20)21;1-4-11-18-17(5-2)22(16-12-7-6-8-13-16)20-15-10-9-14-19(20)21(18)3/h3-16H,1,26H2,2H3;4-5,7,9-15H,2,6,8H2,1,3H3/b5-4-,18-9+;11-4-. The summed E-state index contributed by atoms with van der Waals surface area (Å²) >= 11 is 0. The minimum Gasteiger partial charge on any atom is -0.455 e. The third kappa shape index (κ3) is 6.59. The van der Waals surface area contributed by atoms with Crippen LogP contribution < -0.4 is 15.5 Å². The van der Waals surface area contributed by atoms with Gasteiger partial charge in [-0.3, -0.25) is 0 Å². The quantitative estimate of drug-likeness (QED) is 0.142. The largest absolute Gasteiger partial charge is 0.455 e. The topological polar surface area (TPSA) is 45.6 Å². The Morgan fingerprint density at radius 2 is 1.61 bits per heavy atom. The molecule has 0 amide bonds. The molecule has 49 heavy (non-hydrogen) atoms. The number of likely N-dealkylation sites (N-methyl/N-ethyl adjacent to an activating group) is 1. The number of benzene rings is 4. The molecule has 0 saturated heterocycles. The third-order valence-corrected chi connectivity index (χ3v) is 8.80. The van der Waals surface area contributed by atoms with Crippen molar-refractivity contribution in [1.29, 1.82) is 0 Å². The predicted octanol–water partition coefficient (Wildman–Crippen LogP) is 11.8. The SMILES string of the molecule is C=C/C=C\C=C(\c1cc(C)ccc1N)c1cccc2c1oc1ccccc12.C=CC1=C(/C=C\C)N(C)c2ccccc2N1C1=CCCC=C1. The molecule has 1 aromatic heterocycles. The molecule has 7 rings (SSSR count). The van der Waals surface area contributed by atoms with Crippen LogP contribution in [-0.2, 0) is 0 Å². The minimum absolute atomic E-state index is 0.743. The molecule has 2 aliphatic rings. The lowest BCUT2D eigenvalue weighted by Crippen LogP contribution is -2.32. The van der Waals surface area contributed by atoms with Crippen LogP contribution in [0.4, 0.5) is 17.1 Å². The van der Waals surface area contributed by atoms with Crippen molar-refractivity contribution in [1.82, 2.24) is 0 Å². The van der Waals surface area contributed by atoms with Crippen molar-refractivity contribution in [2.24, 2.45) is 0 Å². The first kappa shape index (κ1) is 32.9. The fourth-order valence-corrected chi connectivity index (χ4v) is 6.49. The highest BCUT2D eigenvalue weighted by atomic mass is 16.3. The maximum atomic E-state index is 6.34. The molecule has 4 aromatic carbocycles. The zero-order chi connectivity index (χ0) is 34.3. The van der Waals surface area contributed by atoms with Crippen LogP contribution in [0.5, 0.6) is 0 Å². The van der Waals surface area contributed by atoms with Crippen molar-refractivity contribution >= 4 is 44.6 Å². The van der Waals surface area contributed by atoms with Crippen molar-refractivity contribution in [2.75, 3.05) is 22.6 Å². The summed E-state index contributed by atoms with van der Waals surface area (Å²) in [5.41, 5.74) is 19.0. The zero-order valence-electron chi connectivity index (χ0n) is 28.6. The van der Waals surface area contributed by atoms with E-state index in [4.69, 9.17) is 10.2 Å². The number of aryl methyl sites for hydroxylation is 1. The van der Waals surface area contributed by atoms with Crippen LogP contribution in [0.25, 0.3) is 27.5 Å². The Bertz CT molecular complexity index is 2220. The number of para-hydroxylation sites is 4. The molecule has 0 radical (unpaired) electrons. The van der Waals surface area contributed by atoms with E-state index in [1.165, 1.54) is 17.1 Å². The van der Waals surface area contributed by atoms with Crippen LogP contribution in [0.3, 0.4) is 0 Å². The number of furan rings is 1. The minimum atomic E-state index is 0.743. The Morgan fingerprint density at radius 1 is 0.837 bits per heavy atom. The third-order valence-electron chi connectivity index (χ3n) is 8.80. The lowest BCUT2D eigenvalue weighted by atomic mass is 9.93.